The van der Waals surface area contributed by atoms with Crippen LogP contribution in [-0.4, -0.2) is 20.4 Å². The first kappa shape index (κ1) is 25.5. The molecule has 6 rings (SSSR count). The maximum Gasteiger partial charge on any atom is 0.333 e. The van der Waals surface area contributed by atoms with E-state index >= 15 is 0 Å². The molecule has 40 heavy (non-hydrogen) atoms. The van der Waals surface area contributed by atoms with Crippen molar-refractivity contribution >= 4 is 50.2 Å². The fraction of sp³-hybridized carbons (Fsp3) is 0.100. The van der Waals surface area contributed by atoms with E-state index < -0.39 is 28.8 Å². The molecule has 0 spiro atoms. The van der Waals surface area contributed by atoms with Gasteiger partial charge in [-0.2, -0.15) is 0 Å². The molecule has 0 saturated heterocycles. The van der Waals surface area contributed by atoms with E-state index in [1.165, 1.54) is 12.1 Å². The number of nitrogens with one attached hydrogen (secondary N) is 2. The molecule has 0 unspecified atom stereocenters. The second kappa shape index (κ2) is 9.17. The summed E-state index contributed by atoms with van der Waals surface area (Å²) in [5, 5.41) is 1.37. The minimum absolute atomic E-state index is 0.153. The Hall–Kier alpha value is -4.76. The van der Waals surface area contributed by atoms with Crippen LogP contribution < -0.4 is 17.0 Å². The van der Waals surface area contributed by atoms with Crippen molar-refractivity contribution in [3.63, 3.8) is 0 Å². The molecular weight excluding hydrogens is 538 g/mol. The number of hydrogen-bond donors (Lipinski definition) is 3. The van der Waals surface area contributed by atoms with Crippen LogP contribution in [0.25, 0.3) is 49.5 Å². The van der Waals surface area contributed by atoms with E-state index in [1.807, 2.05) is 18.2 Å². The van der Waals surface area contributed by atoms with Crippen molar-refractivity contribution in [2.24, 2.45) is 5.73 Å². The lowest BCUT2D eigenvalue weighted by Crippen LogP contribution is -2.34. The number of carbonyl (C=O) groups is 1. The van der Waals surface area contributed by atoms with E-state index in [-0.39, 0.29) is 33.1 Å². The van der Waals surface area contributed by atoms with Crippen molar-refractivity contribution in [1.82, 2.24) is 14.5 Å². The van der Waals surface area contributed by atoms with Gasteiger partial charge in [-0.1, -0.05) is 49.7 Å². The molecule has 0 atom stereocenters. The molecule has 0 bridgehead atoms. The first-order chi connectivity index (χ1) is 19.0. The van der Waals surface area contributed by atoms with Gasteiger partial charge in [0.25, 0.3) is 11.5 Å². The van der Waals surface area contributed by atoms with Crippen LogP contribution in [0.3, 0.4) is 0 Å². The number of rotatable bonds is 4. The molecule has 0 saturated carbocycles. The normalized spacial score (nSPS) is 11.8. The topological polar surface area (TPSA) is 114 Å². The van der Waals surface area contributed by atoms with E-state index in [0.717, 1.165) is 27.1 Å². The number of benzene rings is 4. The summed E-state index contributed by atoms with van der Waals surface area (Å²) in [5.74, 6) is -2.38. The number of halogens is 3. The molecule has 2 aromatic heterocycles. The average molecular weight is 559 g/mol. The third-order valence-corrected chi connectivity index (χ3v) is 7.40. The zero-order valence-corrected chi connectivity index (χ0v) is 22.0. The van der Waals surface area contributed by atoms with Gasteiger partial charge in [-0.05, 0) is 47.4 Å². The Labute approximate surface area is 229 Å². The highest BCUT2D eigenvalue weighted by atomic mass is 35.5. The van der Waals surface area contributed by atoms with Crippen LogP contribution in [0.5, 0.6) is 0 Å². The Morgan fingerprint density at radius 1 is 0.950 bits per heavy atom. The lowest BCUT2D eigenvalue weighted by molar-refractivity contribution is 0.100. The molecule has 10 heteroatoms. The Kier molecular flexibility index (Phi) is 5.85. The number of nitrogens with two attached hydrogens (primary N) is 1. The van der Waals surface area contributed by atoms with Crippen molar-refractivity contribution in [2.45, 2.75) is 19.8 Å². The predicted molar refractivity (Wildman–Crippen MR) is 152 cm³/mol. The van der Waals surface area contributed by atoms with Crippen molar-refractivity contribution in [1.29, 1.82) is 0 Å². The summed E-state index contributed by atoms with van der Waals surface area (Å²) in [7, 11) is 0. The van der Waals surface area contributed by atoms with Crippen molar-refractivity contribution in [2.75, 3.05) is 0 Å². The Morgan fingerprint density at radius 3 is 2.45 bits per heavy atom. The van der Waals surface area contributed by atoms with E-state index in [1.54, 1.807) is 18.2 Å². The molecule has 0 aliphatic heterocycles. The average Bonchev–Trinajstić information content (AvgIpc) is 3.27. The van der Waals surface area contributed by atoms with Crippen molar-refractivity contribution in [3.05, 3.63) is 109 Å². The third-order valence-electron chi connectivity index (χ3n) is 7.10. The first-order valence-electron chi connectivity index (χ1n) is 12.4. The lowest BCUT2D eigenvalue weighted by Gasteiger charge is -2.13. The van der Waals surface area contributed by atoms with Crippen LogP contribution in [0.4, 0.5) is 8.78 Å². The summed E-state index contributed by atoms with van der Waals surface area (Å²) in [6, 6.07) is 15.4. The van der Waals surface area contributed by atoms with Gasteiger partial charge in [-0.15, -0.1) is 0 Å². The summed E-state index contributed by atoms with van der Waals surface area (Å²) < 4.78 is 29.0. The third kappa shape index (κ3) is 3.89. The van der Waals surface area contributed by atoms with Gasteiger partial charge in [0.2, 0.25) is 0 Å². The first-order valence-corrected chi connectivity index (χ1v) is 12.8. The summed E-state index contributed by atoms with van der Waals surface area (Å²) in [4.78, 5) is 44.2. The van der Waals surface area contributed by atoms with Gasteiger partial charge in [0, 0.05) is 32.9 Å². The van der Waals surface area contributed by atoms with Crippen LogP contribution >= 0.6 is 11.6 Å². The number of primary amides is 1. The van der Waals surface area contributed by atoms with Crippen LogP contribution in [0, 0.1) is 11.6 Å². The molecular formula is C30H21ClF2N4O3. The Bertz CT molecular complexity index is 2160. The largest absolute Gasteiger partial charge is 0.366 e. The number of hydrogen-bond acceptors (Lipinski definition) is 3. The van der Waals surface area contributed by atoms with Gasteiger partial charge in [-0.3, -0.25) is 9.59 Å². The Morgan fingerprint density at radius 2 is 1.73 bits per heavy atom. The molecule has 0 aliphatic rings. The highest BCUT2D eigenvalue weighted by Gasteiger charge is 2.21. The highest BCUT2D eigenvalue weighted by molar-refractivity contribution is 6.37. The zero-order valence-electron chi connectivity index (χ0n) is 21.2. The molecule has 1 amide bonds. The minimum atomic E-state index is -1.05. The molecule has 0 aliphatic carbocycles. The van der Waals surface area contributed by atoms with Crippen molar-refractivity contribution < 1.29 is 13.6 Å². The smallest absolute Gasteiger partial charge is 0.333 e. The van der Waals surface area contributed by atoms with Gasteiger partial charge in [-0.25, -0.2) is 18.1 Å². The summed E-state index contributed by atoms with van der Waals surface area (Å²) in [6.45, 7) is 4.15. The lowest BCUT2D eigenvalue weighted by atomic mass is 9.95. The quantitative estimate of drug-likeness (QED) is 0.242. The number of fused-ring (bicyclic) bond motifs is 4. The molecule has 0 radical (unpaired) electrons. The molecule has 200 valence electrons. The van der Waals surface area contributed by atoms with Crippen LogP contribution in [0.15, 0.2) is 70.3 Å². The molecule has 7 nitrogen and oxygen atoms in total. The molecule has 0 fully saturated rings. The number of carbonyl (C=O) groups excluding carboxylic acids is 1. The van der Waals surface area contributed by atoms with E-state index in [0.29, 0.717) is 28.1 Å². The summed E-state index contributed by atoms with van der Waals surface area (Å²) in [6.07, 6.45) is 0. The van der Waals surface area contributed by atoms with Gasteiger partial charge in [0.1, 0.15) is 5.82 Å². The number of aromatic nitrogens is 3. The number of H-pyrrole nitrogens is 2. The van der Waals surface area contributed by atoms with Crippen LogP contribution in [-0.2, 0) is 0 Å². The monoisotopic (exact) mass is 558 g/mol. The number of aromatic amines is 2. The molecule has 2 heterocycles. The number of nitrogens with zero attached hydrogens (tertiary/aromatic N) is 1. The summed E-state index contributed by atoms with van der Waals surface area (Å²) in [5.41, 5.74) is 7.37. The fourth-order valence-corrected chi connectivity index (χ4v) is 5.50. The Balaban J connectivity index is 1.65. The van der Waals surface area contributed by atoms with Crippen LogP contribution in [0.1, 0.15) is 35.7 Å². The summed E-state index contributed by atoms with van der Waals surface area (Å²) >= 11 is 6.76. The second-order valence-corrected chi connectivity index (χ2v) is 10.3. The highest BCUT2D eigenvalue weighted by Crippen LogP contribution is 2.42. The maximum atomic E-state index is 14.3. The van der Waals surface area contributed by atoms with E-state index in [4.69, 9.17) is 17.3 Å². The fourth-order valence-electron chi connectivity index (χ4n) is 5.18. The zero-order chi connectivity index (χ0) is 28.5. The van der Waals surface area contributed by atoms with Gasteiger partial charge < -0.3 is 15.7 Å². The van der Waals surface area contributed by atoms with Gasteiger partial charge in [0.05, 0.1) is 27.7 Å². The molecule has 4 aromatic carbocycles. The molecule has 6 aromatic rings. The maximum absolute atomic E-state index is 14.3. The second-order valence-electron chi connectivity index (χ2n) is 9.91. The minimum Gasteiger partial charge on any atom is -0.366 e. The van der Waals surface area contributed by atoms with Crippen molar-refractivity contribution in [3.8, 4) is 16.8 Å². The standard InChI is InChI=1S/C30H21ClF2N4O3/c1-13(2)14-6-7-18-23(9-14)35-27-19(28(34)38)12-21(31)24(25(18)27)15-4-3-5-17(8-15)37-29(39)20-10-16(32)11-22(33)26(20)36-30(37)40/h3-13,35H,1-2H3,(H2,34,38)(H,36,40). The van der Waals surface area contributed by atoms with Gasteiger partial charge in [0.15, 0.2) is 5.82 Å². The SMILES string of the molecule is CC(C)c1ccc2c(c1)[nH]c1c(C(N)=O)cc(Cl)c(-c3cccc(-n4c(=O)[nH]c5c(F)cc(F)cc5c4=O)c3)c12. The van der Waals surface area contributed by atoms with E-state index in [2.05, 4.69) is 23.8 Å². The molecule has 4 N–H and O–H groups in total. The number of amides is 1. The predicted octanol–water partition coefficient (Wildman–Crippen LogP) is 6.13. The van der Waals surface area contributed by atoms with Gasteiger partial charge >= 0.3 is 5.69 Å². The van der Waals surface area contributed by atoms with E-state index in [9.17, 15) is 23.2 Å². The van der Waals surface area contributed by atoms with Crippen LogP contribution in [0.2, 0.25) is 5.02 Å².